The quantitative estimate of drug-likeness (QED) is 0.156. The Morgan fingerprint density at radius 1 is 0.547 bits per heavy atom. The van der Waals surface area contributed by atoms with Crippen LogP contribution in [0.25, 0.3) is 22.3 Å². The zero-order chi connectivity index (χ0) is 43.2. The number of ether oxygens (including phenoxy) is 2. The zero-order valence-electron chi connectivity index (χ0n) is 38.0. The molecule has 10 aliphatic rings. The third-order valence-electron chi connectivity index (χ3n) is 18.1. The largest absolute Gasteiger partial charge is 0.490 e. The number of nitrogens with one attached hydrogen (secondary N) is 2. The maximum Gasteiger partial charge on any atom is 0.230 e. The molecule has 2 heterocycles. The van der Waals surface area contributed by atoms with Gasteiger partial charge in [0.25, 0.3) is 0 Å². The van der Waals surface area contributed by atoms with Gasteiger partial charge in [0.05, 0.1) is 10.8 Å². The lowest BCUT2D eigenvalue weighted by molar-refractivity contribution is -0.129. The van der Waals surface area contributed by atoms with Gasteiger partial charge in [0, 0.05) is 37.6 Å². The van der Waals surface area contributed by atoms with Gasteiger partial charge < -0.3 is 29.9 Å². The molecule has 10 fully saturated rings. The lowest BCUT2D eigenvalue weighted by atomic mass is 9.57. The first-order chi connectivity index (χ1) is 31.1. The van der Waals surface area contributed by atoms with Gasteiger partial charge in [-0.3, -0.25) is 9.59 Å². The number of nitrogens with zero attached hydrogens (tertiary/aromatic N) is 2. The number of anilines is 2. The Morgan fingerprint density at radius 2 is 1.12 bits per heavy atom. The van der Waals surface area contributed by atoms with E-state index in [9.17, 15) is 9.59 Å². The van der Waals surface area contributed by atoms with E-state index in [1.807, 2.05) is 6.07 Å². The molecule has 0 spiro atoms. The summed E-state index contributed by atoms with van der Waals surface area (Å²) >= 11 is 0. The Hall–Kier alpha value is -4.66. The molecule has 334 valence electrons. The fraction of sp³-hybridized carbons (Fsp3) is 0.536. The number of amides is 2. The van der Waals surface area contributed by atoms with Crippen LogP contribution in [-0.2, 0) is 15.0 Å². The number of hydrogen-bond acceptors (Lipinski definition) is 6. The fourth-order valence-corrected chi connectivity index (χ4v) is 15.3. The van der Waals surface area contributed by atoms with E-state index < -0.39 is 5.41 Å². The second-order valence-corrected chi connectivity index (χ2v) is 22.4. The van der Waals surface area contributed by atoms with Crippen LogP contribution in [0.2, 0.25) is 0 Å². The molecule has 2 aliphatic heterocycles. The Kier molecular flexibility index (Phi) is 10.0. The van der Waals surface area contributed by atoms with Crippen molar-refractivity contribution in [2.45, 2.75) is 108 Å². The number of hydrogen-bond donors (Lipinski definition) is 2. The molecule has 4 aromatic carbocycles. The van der Waals surface area contributed by atoms with Gasteiger partial charge in [0.15, 0.2) is 0 Å². The molecule has 8 bridgehead atoms. The Bertz CT molecular complexity index is 2400. The van der Waals surface area contributed by atoms with Crippen LogP contribution in [0.15, 0.2) is 91.0 Å². The van der Waals surface area contributed by atoms with Crippen LogP contribution >= 0.6 is 0 Å². The highest BCUT2D eigenvalue weighted by Crippen LogP contribution is 2.71. The van der Waals surface area contributed by atoms with Gasteiger partial charge >= 0.3 is 0 Å². The van der Waals surface area contributed by atoms with Crippen molar-refractivity contribution >= 4 is 23.2 Å². The van der Waals surface area contributed by atoms with Crippen molar-refractivity contribution in [1.29, 1.82) is 0 Å². The molecule has 0 aromatic heterocycles. The van der Waals surface area contributed by atoms with Gasteiger partial charge in [-0.15, -0.1) is 0 Å². The third kappa shape index (κ3) is 7.35. The number of carbonyl (C=O) groups excluding carboxylic acids is 2. The highest BCUT2D eigenvalue weighted by Gasteiger charge is 2.66. The van der Waals surface area contributed by atoms with Crippen LogP contribution in [0.4, 0.5) is 11.4 Å². The molecule has 8 aliphatic carbocycles. The molecule has 2 N–H and O–H groups in total. The van der Waals surface area contributed by atoms with Crippen molar-refractivity contribution in [1.82, 2.24) is 9.80 Å². The van der Waals surface area contributed by atoms with Crippen molar-refractivity contribution in [3.05, 3.63) is 96.6 Å². The zero-order valence-corrected chi connectivity index (χ0v) is 38.0. The van der Waals surface area contributed by atoms with Gasteiger partial charge in [0.1, 0.15) is 23.7 Å². The Balaban J connectivity index is 0.809. The first-order valence-corrected chi connectivity index (χ1v) is 24.9. The molecule has 8 nitrogen and oxygen atoms in total. The second-order valence-electron chi connectivity index (χ2n) is 22.4. The van der Waals surface area contributed by atoms with E-state index in [-0.39, 0.29) is 34.9 Å². The minimum atomic E-state index is -0.419. The number of benzene rings is 4. The SMILES string of the molecule is CN1CCC(Oc2ccc(-c3cccc(NC(=O)C45CC6CC(c7ccc(NC(=O)C89CC%10CC(C8)C(C%10)C9)cc7-c7cccc(OC8CCN(C)CC8)c7)(CC6C4)C5)c3)cc2)CC1. The fourth-order valence-electron chi connectivity index (χ4n) is 15.3. The standard InChI is InChI=1S/C56H66N4O4/c1-59-19-15-47(16-20-59)63-46-12-9-37(10-13-46)38-5-3-7-44(25-38)57-53(62)56-33-42-31-55(35-56,32-43(42)34-56)51-14-11-45(58-52(61)54-28-36-23-40(29-54)41(24-36)30-54)27-50(51)39-6-4-8-49(26-39)64-48-17-21-60(2)22-18-48/h3-14,25-27,36,40-43,47-48H,15-24,28-35H2,1-2H3,(H,57,62)(H,58,61). The summed E-state index contributed by atoms with van der Waals surface area (Å²) in [6, 6.07) is 32.2. The van der Waals surface area contributed by atoms with E-state index in [4.69, 9.17) is 9.47 Å². The van der Waals surface area contributed by atoms with Crippen LogP contribution in [0.1, 0.15) is 95.5 Å². The number of rotatable bonds is 11. The molecule has 4 unspecified atom stereocenters. The molecular weight excluding hydrogens is 793 g/mol. The van der Waals surface area contributed by atoms with Gasteiger partial charge in [-0.1, -0.05) is 42.5 Å². The minimum Gasteiger partial charge on any atom is -0.490 e. The summed E-state index contributed by atoms with van der Waals surface area (Å²) in [6.07, 6.45) is 15.4. The molecule has 2 amide bonds. The molecule has 8 saturated carbocycles. The summed E-state index contributed by atoms with van der Waals surface area (Å²) in [6.45, 7) is 4.25. The lowest BCUT2D eigenvalue weighted by Gasteiger charge is -2.46. The van der Waals surface area contributed by atoms with Crippen LogP contribution in [0.5, 0.6) is 11.5 Å². The van der Waals surface area contributed by atoms with E-state index in [1.54, 1.807) is 0 Å². The van der Waals surface area contributed by atoms with Gasteiger partial charge in [-0.25, -0.2) is 0 Å². The van der Waals surface area contributed by atoms with Crippen LogP contribution in [-0.4, -0.2) is 74.1 Å². The summed E-state index contributed by atoms with van der Waals surface area (Å²) in [7, 11) is 4.36. The summed E-state index contributed by atoms with van der Waals surface area (Å²) in [5.41, 5.74) is 6.83. The molecular formula is C56H66N4O4. The van der Waals surface area contributed by atoms with Crippen LogP contribution in [0.3, 0.4) is 0 Å². The van der Waals surface area contributed by atoms with E-state index in [0.717, 1.165) is 161 Å². The smallest absolute Gasteiger partial charge is 0.230 e. The predicted molar refractivity (Wildman–Crippen MR) is 253 cm³/mol. The molecule has 4 aromatic rings. The van der Waals surface area contributed by atoms with Crippen molar-refractivity contribution in [3.8, 4) is 33.8 Å². The summed E-state index contributed by atoms with van der Waals surface area (Å²) in [5, 5.41) is 6.96. The van der Waals surface area contributed by atoms with E-state index in [2.05, 4.69) is 119 Å². The van der Waals surface area contributed by atoms with Gasteiger partial charge in [0.2, 0.25) is 11.8 Å². The third-order valence-corrected chi connectivity index (χ3v) is 18.1. The Labute approximate surface area is 379 Å². The first-order valence-electron chi connectivity index (χ1n) is 24.9. The highest BCUT2D eigenvalue weighted by molar-refractivity contribution is 5.98. The van der Waals surface area contributed by atoms with Crippen molar-refractivity contribution in [2.24, 2.45) is 40.4 Å². The van der Waals surface area contributed by atoms with E-state index in [0.29, 0.717) is 11.8 Å². The average Bonchev–Trinajstić information content (AvgIpc) is 3.93. The van der Waals surface area contributed by atoms with Crippen LogP contribution in [0, 0.1) is 40.4 Å². The Morgan fingerprint density at radius 3 is 1.78 bits per heavy atom. The topological polar surface area (TPSA) is 83.1 Å². The maximum absolute atomic E-state index is 14.8. The molecule has 64 heavy (non-hydrogen) atoms. The van der Waals surface area contributed by atoms with Crippen molar-refractivity contribution in [3.63, 3.8) is 0 Å². The normalized spacial score (nSPS) is 33.2. The van der Waals surface area contributed by atoms with E-state index >= 15 is 0 Å². The maximum atomic E-state index is 14.8. The van der Waals surface area contributed by atoms with Crippen molar-refractivity contribution in [2.75, 3.05) is 50.9 Å². The number of carbonyl (C=O) groups is 2. The number of likely N-dealkylation sites (tertiary alicyclic amines) is 2. The summed E-state index contributed by atoms with van der Waals surface area (Å²) < 4.78 is 13.0. The predicted octanol–water partition coefficient (Wildman–Crippen LogP) is 10.8. The molecule has 0 radical (unpaired) electrons. The molecule has 8 heteroatoms. The summed E-state index contributed by atoms with van der Waals surface area (Å²) in [5.74, 6) is 5.48. The molecule has 14 rings (SSSR count). The monoisotopic (exact) mass is 859 g/mol. The summed E-state index contributed by atoms with van der Waals surface area (Å²) in [4.78, 5) is 33.8. The average molecular weight is 859 g/mol. The lowest BCUT2D eigenvalue weighted by Crippen LogP contribution is -2.45. The van der Waals surface area contributed by atoms with Crippen LogP contribution < -0.4 is 20.1 Å². The van der Waals surface area contributed by atoms with Gasteiger partial charge in [-0.05, 0) is 215 Å². The van der Waals surface area contributed by atoms with Gasteiger partial charge in [-0.2, -0.15) is 0 Å². The molecule has 2 saturated heterocycles. The highest BCUT2D eigenvalue weighted by atomic mass is 16.5. The number of piperidine rings is 2. The van der Waals surface area contributed by atoms with E-state index in [1.165, 1.54) is 24.0 Å². The first kappa shape index (κ1) is 40.8. The molecule has 4 atom stereocenters. The minimum absolute atomic E-state index is 0.118. The second kappa shape index (κ2) is 15.8. The van der Waals surface area contributed by atoms with Crippen molar-refractivity contribution < 1.29 is 19.1 Å².